The summed E-state index contributed by atoms with van der Waals surface area (Å²) in [6.45, 7) is 4.31. The number of likely N-dealkylation sites (N-methyl/N-ethyl adjacent to an activating group) is 1. The molecule has 1 unspecified atom stereocenters. The molecule has 0 saturated carbocycles. The summed E-state index contributed by atoms with van der Waals surface area (Å²) in [5, 5.41) is 26.3. The number of aromatic nitrogens is 5. The van der Waals surface area contributed by atoms with E-state index in [4.69, 9.17) is 5.73 Å². The molecule has 3 aromatic heterocycles. The highest BCUT2D eigenvalue weighted by Gasteiger charge is 2.19. The number of nitrogen functional groups attached to an aromatic ring is 1. The zero-order valence-corrected chi connectivity index (χ0v) is 15.4. The summed E-state index contributed by atoms with van der Waals surface area (Å²) >= 11 is 0. The van der Waals surface area contributed by atoms with Gasteiger partial charge in [-0.15, -0.1) is 0 Å². The first-order valence-corrected chi connectivity index (χ1v) is 8.41. The van der Waals surface area contributed by atoms with Gasteiger partial charge in [-0.25, -0.2) is 19.5 Å². The maximum absolute atomic E-state index is 9.29. The lowest BCUT2D eigenvalue weighted by molar-refractivity contribution is 0.304. The molecular weight excluding hydrogens is 346 g/mol. The molecule has 140 valence electrons. The highest BCUT2D eigenvalue weighted by Crippen LogP contribution is 2.26. The van der Waals surface area contributed by atoms with E-state index in [1.165, 1.54) is 6.33 Å². The summed E-state index contributed by atoms with van der Waals surface area (Å²) < 4.78 is 1.76. The van der Waals surface area contributed by atoms with E-state index in [-0.39, 0.29) is 24.0 Å². The molecule has 10 nitrogen and oxygen atoms in total. The predicted octanol–water partition coefficient (Wildman–Crippen LogP) is 0.883. The minimum absolute atomic E-state index is 0.0152. The average molecular weight is 367 g/mol. The second kappa shape index (κ2) is 7.43. The number of aliphatic hydroxyl groups excluding tert-OH is 1. The number of fused-ring (bicyclic) bond motifs is 1. The number of nitrogens with one attached hydrogen (secondary N) is 1. The number of hydrogen-bond donors (Lipinski definition) is 3. The number of hydrogen-bond acceptors (Lipinski definition) is 9. The van der Waals surface area contributed by atoms with E-state index in [2.05, 4.69) is 25.4 Å². The molecule has 3 rings (SSSR count). The molecule has 0 spiro atoms. The summed E-state index contributed by atoms with van der Waals surface area (Å²) in [5.41, 5.74) is 7.84. The molecular formula is C17H21N9O. The molecule has 0 radical (unpaired) electrons. The largest absolute Gasteiger partial charge is 0.395 e. The van der Waals surface area contributed by atoms with Crippen LogP contribution in [0.3, 0.4) is 0 Å². The molecule has 3 heterocycles. The second-order valence-electron chi connectivity index (χ2n) is 6.19. The van der Waals surface area contributed by atoms with E-state index in [0.717, 1.165) is 11.1 Å². The van der Waals surface area contributed by atoms with Crippen molar-refractivity contribution in [1.82, 2.24) is 24.6 Å². The molecule has 10 heteroatoms. The molecule has 1 atom stereocenters. The highest BCUT2D eigenvalue weighted by molar-refractivity contribution is 5.73. The average Bonchev–Trinajstić information content (AvgIpc) is 3.02. The first kappa shape index (κ1) is 18.3. The smallest absolute Gasteiger partial charge is 0.173 e. The van der Waals surface area contributed by atoms with E-state index >= 15 is 0 Å². The normalized spacial score (nSPS) is 12.0. The third-order valence-electron chi connectivity index (χ3n) is 4.24. The molecule has 27 heavy (non-hydrogen) atoms. The first-order valence-electron chi connectivity index (χ1n) is 8.41. The summed E-state index contributed by atoms with van der Waals surface area (Å²) in [5.74, 6) is 1.67. The lowest BCUT2D eigenvalue weighted by Gasteiger charge is -2.21. The Morgan fingerprint density at radius 3 is 2.93 bits per heavy atom. The number of nitrogens with two attached hydrogens (primary N) is 1. The number of anilines is 3. The Bertz CT molecular complexity index is 1010. The maximum Gasteiger partial charge on any atom is 0.173 e. The van der Waals surface area contributed by atoms with E-state index < -0.39 is 0 Å². The molecule has 0 saturated heterocycles. The van der Waals surface area contributed by atoms with Crippen LogP contribution in [0.4, 0.5) is 17.5 Å². The lowest BCUT2D eigenvalue weighted by Crippen LogP contribution is -2.25. The van der Waals surface area contributed by atoms with Gasteiger partial charge in [0.1, 0.15) is 35.1 Å². The SMILES string of the molecule is Cc1ccn2nc(C(C)Nc3ncnc(N)c3C#N)nc(N(C)CCO)c12. The van der Waals surface area contributed by atoms with Gasteiger partial charge in [0.2, 0.25) is 0 Å². The molecule has 0 aliphatic carbocycles. The summed E-state index contributed by atoms with van der Waals surface area (Å²) in [6.07, 6.45) is 3.16. The highest BCUT2D eigenvalue weighted by atomic mass is 16.3. The number of nitriles is 1. The number of nitrogens with zero attached hydrogens (tertiary/aromatic N) is 7. The molecule has 0 amide bonds. The molecule has 0 aliphatic rings. The Morgan fingerprint density at radius 2 is 2.22 bits per heavy atom. The van der Waals surface area contributed by atoms with E-state index in [1.54, 1.807) is 4.52 Å². The first-order chi connectivity index (χ1) is 13.0. The van der Waals surface area contributed by atoms with Crippen LogP contribution in [0.25, 0.3) is 5.52 Å². The van der Waals surface area contributed by atoms with Crippen LogP contribution in [0.2, 0.25) is 0 Å². The topological polar surface area (TPSA) is 141 Å². The van der Waals surface area contributed by atoms with Gasteiger partial charge >= 0.3 is 0 Å². The molecule has 4 N–H and O–H groups in total. The minimum Gasteiger partial charge on any atom is -0.395 e. The van der Waals surface area contributed by atoms with Crippen molar-refractivity contribution in [2.45, 2.75) is 19.9 Å². The predicted molar refractivity (Wildman–Crippen MR) is 101 cm³/mol. The van der Waals surface area contributed by atoms with Crippen molar-refractivity contribution in [2.24, 2.45) is 0 Å². The van der Waals surface area contributed by atoms with Crippen molar-refractivity contribution in [1.29, 1.82) is 5.26 Å². The van der Waals surface area contributed by atoms with Crippen LogP contribution in [-0.4, -0.2) is 49.9 Å². The summed E-state index contributed by atoms with van der Waals surface area (Å²) in [4.78, 5) is 14.5. The lowest BCUT2D eigenvalue weighted by atomic mass is 10.2. The van der Waals surface area contributed by atoms with E-state index in [1.807, 2.05) is 44.1 Å². The van der Waals surface area contributed by atoms with Crippen LogP contribution < -0.4 is 16.0 Å². The Hall–Kier alpha value is -3.45. The van der Waals surface area contributed by atoms with Crippen LogP contribution in [0, 0.1) is 18.3 Å². The second-order valence-corrected chi connectivity index (χ2v) is 6.19. The van der Waals surface area contributed by atoms with Crippen LogP contribution in [0.5, 0.6) is 0 Å². The Kier molecular flexibility index (Phi) is 5.05. The fourth-order valence-corrected chi connectivity index (χ4v) is 2.77. The van der Waals surface area contributed by atoms with Crippen LogP contribution in [0.1, 0.15) is 29.9 Å². The molecule has 0 bridgehead atoms. The third-order valence-corrected chi connectivity index (χ3v) is 4.24. The number of aliphatic hydroxyl groups is 1. The Labute approximate surface area is 156 Å². The van der Waals surface area contributed by atoms with Gasteiger partial charge in [0, 0.05) is 19.8 Å². The minimum atomic E-state index is -0.347. The van der Waals surface area contributed by atoms with Crippen molar-refractivity contribution in [2.75, 3.05) is 36.1 Å². The van der Waals surface area contributed by atoms with Gasteiger partial charge in [-0.05, 0) is 25.5 Å². The fraction of sp³-hybridized carbons (Fsp3) is 0.353. The van der Waals surface area contributed by atoms with Crippen molar-refractivity contribution in [3.63, 3.8) is 0 Å². The van der Waals surface area contributed by atoms with Crippen LogP contribution in [-0.2, 0) is 0 Å². The van der Waals surface area contributed by atoms with Crippen molar-refractivity contribution < 1.29 is 5.11 Å². The van der Waals surface area contributed by atoms with Crippen molar-refractivity contribution in [3.8, 4) is 6.07 Å². The van der Waals surface area contributed by atoms with Gasteiger partial charge in [0.25, 0.3) is 0 Å². The summed E-state index contributed by atoms with van der Waals surface area (Å²) in [7, 11) is 1.87. The Morgan fingerprint density at radius 1 is 1.44 bits per heavy atom. The van der Waals surface area contributed by atoms with Gasteiger partial charge in [-0.2, -0.15) is 10.4 Å². The van der Waals surface area contributed by atoms with E-state index in [9.17, 15) is 10.4 Å². The monoisotopic (exact) mass is 367 g/mol. The van der Waals surface area contributed by atoms with Gasteiger partial charge < -0.3 is 21.1 Å². The van der Waals surface area contributed by atoms with Gasteiger partial charge in [0.15, 0.2) is 11.6 Å². The van der Waals surface area contributed by atoms with Gasteiger partial charge in [0.05, 0.1) is 12.6 Å². The standard InChI is InChI=1S/C17H21N9O/c1-10-4-5-26-13(10)17(25(3)6-7-27)23-15(24-26)11(2)22-16-12(8-18)14(19)20-9-21-16/h4-5,9,11,27H,6-7H2,1-3H3,(H3,19,20,21,22). The molecule has 0 aromatic carbocycles. The Balaban J connectivity index is 2.02. The van der Waals surface area contributed by atoms with Crippen molar-refractivity contribution >= 4 is 23.0 Å². The number of rotatable bonds is 6. The zero-order valence-electron chi connectivity index (χ0n) is 15.4. The van der Waals surface area contributed by atoms with Crippen LogP contribution in [0.15, 0.2) is 18.6 Å². The quantitative estimate of drug-likeness (QED) is 0.579. The fourth-order valence-electron chi connectivity index (χ4n) is 2.77. The maximum atomic E-state index is 9.29. The summed E-state index contributed by atoms with van der Waals surface area (Å²) in [6, 6.07) is 3.62. The van der Waals surface area contributed by atoms with Gasteiger partial charge in [-0.1, -0.05) is 0 Å². The zero-order chi connectivity index (χ0) is 19.6. The molecule has 0 fully saturated rings. The third kappa shape index (κ3) is 3.45. The number of aryl methyl sites for hydroxylation is 1. The van der Waals surface area contributed by atoms with Crippen LogP contribution >= 0.6 is 0 Å². The van der Waals surface area contributed by atoms with Crippen molar-refractivity contribution in [3.05, 3.63) is 35.5 Å². The van der Waals surface area contributed by atoms with E-state index in [0.29, 0.717) is 24.0 Å². The molecule has 0 aliphatic heterocycles. The molecule has 3 aromatic rings. The van der Waals surface area contributed by atoms with Gasteiger partial charge in [-0.3, -0.25) is 0 Å².